The van der Waals surface area contributed by atoms with Gasteiger partial charge in [-0.25, -0.2) is 0 Å². The van der Waals surface area contributed by atoms with Gasteiger partial charge in [0.05, 0.1) is 53.5 Å². The minimum absolute atomic E-state index is 0.0550. The molecule has 0 saturated carbocycles. The quantitative estimate of drug-likeness (QED) is 0.188. The molecule has 0 unspecified atom stereocenters. The van der Waals surface area contributed by atoms with Crippen molar-refractivity contribution in [1.29, 1.82) is 0 Å². The van der Waals surface area contributed by atoms with Crippen molar-refractivity contribution in [3.05, 3.63) is 66.9 Å². The largest absolute Gasteiger partial charge is 0.495 e. The van der Waals surface area contributed by atoms with E-state index in [-0.39, 0.29) is 6.04 Å². The number of H-pyrrole nitrogens is 1. The first-order chi connectivity index (χ1) is 21.7. The molecule has 230 valence electrons. The molecule has 7 rings (SSSR count). The van der Waals surface area contributed by atoms with Gasteiger partial charge in [0.15, 0.2) is 0 Å². The van der Waals surface area contributed by atoms with Gasteiger partial charge in [0.1, 0.15) is 29.9 Å². The molecule has 0 radical (unpaired) electrons. The highest BCUT2D eigenvalue weighted by molar-refractivity contribution is 7.71. The van der Waals surface area contributed by atoms with Gasteiger partial charge in [0, 0.05) is 44.4 Å². The summed E-state index contributed by atoms with van der Waals surface area (Å²) in [6, 6.07) is 9.75. The highest BCUT2D eigenvalue weighted by Gasteiger charge is 2.29. The number of rotatable bonds is 8. The fourth-order valence-electron chi connectivity index (χ4n) is 5.89. The van der Waals surface area contributed by atoms with E-state index in [9.17, 15) is 4.57 Å². The third-order valence-corrected chi connectivity index (χ3v) is 9.47. The number of aromatic amines is 1. The van der Waals surface area contributed by atoms with E-state index in [0.717, 1.165) is 28.5 Å². The van der Waals surface area contributed by atoms with Gasteiger partial charge in [0.2, 0.25) is 5.95 Å². The Morgan fingerprint density at radius 2 is 1.91 bits per heavy atom. The summed E-state index contributed by atoms with van der Waals surface area (Å²) in [6.45, 7) is 4.10. The van der Waals surface area contributed by atoms with Crippen LogP contribution in [-0.4, -0.2) is 73.9 Å². The number of hydrogen-bond donors (Lipinski definition) is 3. The normalized spacial score (nSPS) is 15.6. The van der Waals surface area contributed by atoms with E-state index < -0.39 is 7.14 Å². The van der Waals surface area contributed by atoms with Crippen molar-refractivity contribution in [1.82, 2.24) is 39.8 Å². The number of nitrogens with one attached hydrogen (secondary N) is 3. The maximum Gasteiger partial charge on any atom is 0.231 e. The van der Waals surface area contributed by atoms with Crippen LogP contribution in [-0.2, 0) is 16.5 Å². The Balaban J connectivity index is 1.32. The number of methoxy groups -OCH3 is 1. The number of fused-ring (bicyclic) bond motifs is 2. The van der Waals surface area contributed by atoms with E-state index >= 15 is 0 Å². The molecule has 1 aliphatic rings. The number of anilines is 4. The average molecular weight is 625 g/mol. The Morgan fingerprint density at radius 1 is 1.07 bits per heavy atom. The topological polar surface area (TPSA) is 148 Å². The predicted molar refractivity (Wildman–Crippen MR) is 175 cm³/mol. The Bertz CT molecular complexity index is 2100. The van der Waals surface area contributed by atoms with Crippen LogP contribution >= 0.6 is 7.14 Å². The van der Waals surface area contributed by atoms with Gasteiger partial charge in [-0.15, -0.1) is 0 Å². The number of aromatic nitrogens is 7. The van der Waals surface area contributed by atoms with Crippen LogP contribution in [0.3, 0.4) is 0 Å². The van der Waals surface area contributed by atoms with Gasteiger partial charge >= 0.3 is 0 Å². The predicted octanol–water partition coefficient (Wildman–Crippen LogP) is 5.35. The second kappa shape index (κ2) is 11.3. The van der Waals surface area contributed by atoms with E-state index in [1.807, 2.05) is 68.1 Å². The monoisotopic (exact) mass is 624 g/mol. The van der Waals surface area contributed by atoms with E-state index in [2.05, 4.69) is 30.7 Å². The lowest BCUT2D eigenvalue weighted by Gasteiger charge is -2.23. The molecule has 3 N–H and O–H groups in total. The molecule has 1 atom stereocenters. The molecular weight excluding hydrogens is 591 g/mol. The number of aryl methyl sites for hydroxylation is 1. The zero-order valence-corrected chi connectivity index (χ0v) is 26.5. The van der Waals surface area contributed by atoms with Crippen LogP contribution in [0.1, 0.15) is 18.0 Å². The summed E-state index contributed by atoms with van der Waals surface area (Å²) in [7, 11) is 2.70. The van der Waals surface area contributed by atoms with Crippen molar-refractivity contribution in [3.63, 3.8) is 0 Å². The zero-order valence-electron chi connectivity index (χ0n) is 25.6. The number of hydroxylamine groups is 2. The molecule has 4 aromatic heterocycles. The first kappa shape index (κ1) is 28.9. The number of benzene rings is 2. The van der Waals surface area contributed by atoms with Crippen LogP contribution in [0.4, 0.5) is 23.1 Å². The third-order valence-electron chi connectivity index (χ3n) is 7.94. The Morgan fingerprint density at radius 3 is 2.64 bits per heavy atom. The van der Waals surface area contributed by atoms with Crippen molar-refractivity contribution in [2.45, 2.75) is 12.5 Å². The molecule has 0 bridgehead atoms. The van der Waals surface area contributed by atoms with Crippen molar-refractivity contribution >= 4 is 57.7 Å². The van der Waals surface area contributed by atoms with Gasteiger partial charge in [0.25, 0.3) is 0 Å². The second-order valence-corrected chi connectivity index (χ2v) is 14.5. The summed E-state index contributed by atoms with van der Waals surface area (Å²) in [6.07, 6.45) is 9.73. The van der Waals surface area contributed by atoms with Gasteiger partial charge in [-0.1, -0.05) is 0 Å². The van der Waals surface area contributed by atoms with Crippen molar-refractivity contribution in [2.75, 3.05) is 44.7 Å². The van der Waals surface area contributed by atoms with E-state index in [0.29, 0.717) is 57.5 Å². The lowest BCUT2D eigenvalue weighted by atomic mass is 9.94. The van der Waals surface area contributed by atoms with Gasteiger partial charge < -0.3 is 24.9 Å². The molecule has 45 heavy (non-hydrogen) atoms. The molecule has 1 fully saturated rings. The lowest BCUT2D eigenvalue weighted by Crippen LogP contribution is -2.17. The highest BCUT2D eigenvalue weighted by atomic mass is 31.2. The lowest BCUT2D eigenvalue weighted by molar-refractivity contribution is -0.110. The van der Waals surface area contributed by atoms with Crippen LogP contribution in [0, 0.1) is 0 Å². The van der Waals surface area contributed by atoms with Crippen LogP contribution in [0.5, 0.6) is 5.75 Å². The van der Waals surface area contributed by atoms with Crippen LogP contribution in [0.25, 0.3) is 33.2 Å². The summed E-state index contributed by atoms with van der Waals surface area (Å²) < 4.78 is 21.2. The van der Waals surface area contributed by atoms with Gasteiger partial charge in [-0.05, 0) is 61.2 Å². The summed E-state index contributed by atoms with van der Waals surface area (Å²) in [5.41, 5.74) is 6.27. The SMILES string of the molecule is COc1cc([C@@H]2CCON2C)c(-c2cnn(C)c2)cc1Nc1nc(Nc2ccc3nccnc3c2P(C)(C)=O)c2cc[nH]c2n1. The maximum atomic E-state index is 13.5. The third kappa shape index (κ3) is 5.39. The van der Waals surface area contributed by atoms with Crippen LogP contribution in [0.2, 0.25) is 0 Å². The number of nitrogens with zero attached hydrogens (tertiary/aromatic N) is 7. The fraction of sp³-hybridized carbons (Fsp3) is 0.258. The first-order valence-electron chi connectivity index (χ1n) is 14.4. The van der Waals surface area contributed by atoms with Gasteiger partial charge in [-0.2, -0.15) is 20.1 Å². The minimum atomic E-state index is -2.78. The molecule has 0 aliphatic carbocycles. The van der Waals surface area contributed by atoms with Crippen molar-refractivity contribution in [3.8, 4) is 16.9 Å². The molecular formula is C31H33N10O3P. The fourth-order valence-corrected chi connectivity index (χ4v) is 7.28. The minimum Gasteiger partial charge on any atom is -0.495 e. The second-order valence-electron chi connectivity index (χ2n) is 11.3. The van der Waals surface area contributed by atoms with Crippen molar-refractivity contribution in [2.24, 2.45) is 7.05 Å². The van der Waals surface area contributed by atoms with E-state index in [1.165, 1.54) is 0 Å². The average Bonchev–Trinajstić information content (AvgIpc) is 3.77. The standard InChI is InChI=1S/C31H33N10O3P/c1-40-17-18(16-35-40)20-14-24(26(43-3)15-21(20)25-9-13-44-41(25)2)37-31-38-29-19(8-10-34-29)30(39-31)36-23-7-6-22-27(33-12-11-32-22)28(23)45(4,5)42/h6-8,10-12,14-17,25H,9,13H2,1-5H3,(H3,34,36,37,38,39)/t25-/m0/s1. The molecule has 1 saturated heterocycles. The smallest absolute Gasteiger partial charge is 0.231 e. The molecule has 0 amide bonds. The highest BCUT2D eigenvalue weighted by Crippen LogP contribution is 2.43. The Hall–Kier alpha value is -4.84. The molecule has 1 aliphatic heterocycles. The maximum absolute atomic E-state index is 13.5. The molecule has 2 aromatic carbocycles. The molecule has 5 heterocycles. The molecule has 0 spiro atoms. The van der Waals surface area contributed by atoms with Crippen LogP contribution < -0.4 is 20.7 Å². The van der Waals surface area contributed by atoms with E-state index in [4.69, 9.17) is 19.5 Å². The Labute approximate surface area is 259 Å². The van der Waals surface area contributed by atoms with Gasteiger partial charge in [-0.3, -0.25) is 19.5 Å². The van der Waals surface area contributed by atoms with E-state index in [1.54, 1.807) is 37.5 Å². The summed E-state index contributed by atoms with van der Waals surface area (Å²) in [5, 5.41) is 14.5. The summed E-state index contributed by atoms with van der Waals surface area (Å²) >= 11 is 0. The molecule has 13 nitrogen and oxygen atoms in total. The number of ether oxygens (including phenoxy) is 1. The first-order valence-corrected chi connectivity index (χ1v) is 17.0. The summed E-state index contributed by atoms with van der Waals surface area (Å²) in [4.78, 5) is 27.5. The zero-order chi connectivity index (χ0) is 31.3. The van der Waals surface area contributed by atoms with Crippen molar-refractivity contribution < 1.29 is 14.1 Å². The molecule has 6 aromatic rings. The number of hydrogen-bond acceptors (Lipinski definition) is 11. The molecule has 14 heteroatoms. The van der Waals surface area contributed by atoms with Crippen LogP contribution in [0.15, 0.2) is 61.3 Å². The Kier molecular flexibility index (Phi) is 7.23. The summed E-state index contributed by atoms with van der Waals surface area (Å²) in [5.74, 6) is 1.51.